The van der Waals surface area contributed by atoms with Gasteiger partial charge < -0.3 is 4.74 Å². The highest BCUT2D eigenvalue weighted by Crippen LogP contribution is 2.05. The number of ether oxygens (including phenoxy) is 1. The summed E-state index contributed by atoms with van der Waals surface area (Å²) >= 11 is 0. The van der Waals surface area contributed by atoms with Crippen molar-refractivity contribution in [1.82, 2.24) is 4.98 Å². The van der Waals surface area contributed by atoms with Crippen LogP contribution in [0.5, 0.6) is 0 Å². The fraction of sp³-hybridized carbons (Fsp3) is 0.182. The number of hydrogen-bond donors (Lipinski definition) is 0. The molecule has 0 saturated heterocycles. The normalized spacial score (nSPS) is 9.87. The molecule has 1 heterocycles. The molecule has 0 amide bonds. The molecule has 0 aromatic carbocycles. The van der Waals surface area contributed by atoms with Gasteiger partial charge >= 0.3 is 5.97 Å². The molecule has 1 aromatic heterocycles. The number of pyridine rings is 1. The maximum Gasteiger partial charge on any atom is 0.337 e. The summed E-state index contributed by atoms with van der Waals surface area (Å²) in [5, 5.41) is 8.33. The van der Waals surface area contributed by atoms with Crippen LogP contribution in [0.1, 0.15) is 22.5 Å². The summed E-state index contributed by atoms with van der Waals surface area (Å²) in [6.07, 6.45) is 5.22. The second kappa shape index (κ2) is 5.55. The first-order valence-electron chi connectivity index (χ1n) is 4.36. The van der Waals surface area contributed by atoms with Gasteiger partial charge in [0.05, 0.1) is 30.9 Å². The molecule has 0 bridgehead atoms. The molecule has 1 aromatic rings. The molecule has 0 radical (unpaired) electrons. The summed E-state index contributed by atoms with van der Waals surface area (Å²) in [6.45, 7) is 0. The van der Waals surface area contributed by atoms with E-state index < -0.39 is 5.97 Å². The largest absolute Gasteiger partial charge is 0.465 e. The third-order valence-electron chi connectivity index (χ3n) is 1.70. The molecule has 4 heteroatoms. The van der Waals surface area contributed by atoms with Crippen molar-refractivity contribution in [2.45, 2.75) is 6.42 Å². The molecule has 1 rings (SSSR count). The number of allylic oxidation sites excluding steroid dienone is 1. The van der Waals surface area contributed by atoms with Crippen LogP contribution in [0.2, 0.25) is 0 Å². The Morgan fingerprint density at radius 3 is 3.20 bits per heavy atom. The van der Waals surface area contributed by atoms with Gasteiger partial charge in [0.15, 0.2) is 0 Å². The Balaban J connectivity index is 2.84. The zero-order valence-corrected chi connectivity index (χ0v) is 8.30. The zero-order valence-electron chi connectivity index (χ0n) is 8.30. The summed E-state index contributed by atoms with van der Waals surface area (Å²) < 4.78 is 4.57. The highest BCUT2D eigenvalue weighted by Gasteiger charge is 2.04. The lowest BCUT2D eigenvalue weighted by atomic mass is 10.2. The van der Waals surface area contributed by atoms with Crippen LogP contribution >= 0.6 is 0 Å². The lowest BCUT2D eigenvalue weighted by Crippen LogP contribution is -2.01. The maximum absolute atomic E-state index is 11.2. The highest BCUT2D eigenvalue weighted by atomic mass is 16.5. The van der Waals surface area contributed by atoms with E-state index in [1.54, 1.807) is 24.3 Å². The molecule has 76 valence electrons. The van der Waals surface area contributed by atoms with E-state index in [1.165, 1.54) is 13.3 Å². The molecule has 15 heavy (non-hydrogen) atoms. The van der Waals surface area contributed by atoms with E-state index in [9.17, 15) is 4.79 Å². The van der Waals surface area contributed by atoms with E-state index in [4.69, 9.17) is 5.26 Å². The molecule has 0 fully saturated rings. The van der Waals surface area contributed by atoms with E-state index in [1.807, 2.05) is 6.07 Å². The molecule has 0 unspecified atom stereocenters. The Bertz CT molecular complexity index is 419. The summed E-state index contributed by atoms with van der Waals surface area (Å²) in [4.78, 5) is 15.2. The van der Waals surface area contributed by atoms with Crippen molar-refractivity contribution in [2.75, 3.05) is 7.11 Å². The number of nitrogens with zero attached hydrogens (tertiary/aromatic N) is 2. The van der Waals surface area contributed by atoms with Crippen molar-refractivity contribution in [3.8, 4) is 6.07 Å². The minimum atomic E-state index is -0.396. The van der Waals surface area contributed by atoms with Gasteiger partial charge in [-0.3, -0.25) is 4.98 Å². The highest BCUT2D eigenvalue weighted by molar-refractivity contribution is 5.89. The molecule has 0 aliphatic heterocycles. The van der Waals surface area contributed by atoms with E-state index in [0.717, 1.165) is 0 Å². The van der Waals surface area contributed by atoms with Gasteiger partial charge in [-0.1, -0.05) is 6.08 Å². The van der Waals surface area contributed by atoms with Crippen molar-refractivity contribution in [2.24, 2.45) is 0 Å². The molecule has 0 spiro atoms. The topological polar surface area (TPSA) is 63.0 Å². The van der Waals surface area contributed by atoms with Gasteiger partial charge in [0, 0.05) is 6.20 Å². The standard InChI is InChI=1S/C11H10N2O2/c1-15-11(14)9-5-7-13-10(8-9)4-2-3-6-12/h2,4-5,7-8H,3H2,1H3. The summed E-state index contributed by atoms with van der Waals surface area (Å²) in [6, 6.07) is 5.17. The second-order valence-electron chi connectivity index (χ2n) is 2.73. The number of methoxy groups -OCH3 is 1. The lowest BCUT2D eigenvalue weighted by Gasteiger charge is -1.98. The van der Waals surface area contributed by atoms with Crippen LogP contribution in [0.3, 0.4) is 0 Å². The van der Waals surface area contributed by atoms with Gasteiger partial charge in [0.2, 0.25) is 0 Å². The first kappa shape index (κ1) is 10.9. The van der Waals surface area contributed by atoms with Gasteiger partial charge in [-0.15, -0.1) is 0 Å². The van der Waals surface area contributed by atoms with Crippen molar-refractivity contribution < 1.29 is 9.53 Å². The number of esters is 1. The summed E-state index contributed by atoms with van der Waals surface area (Å²) in [7, 11) is 1.33. The van der Waals surface area contributed by atoms with E-state index in [0.29, 0.717) is 17.7 Å². The molecule has 0 atom stereocenters. The predicted molar refractivity (Wildman–Crippen MR) is 54.8 cm³/mol. The first-order chi connectivity index (χ1) is 7.27. The molecule has 0 N–H and O–H groups in total. The van der Waals surface area contributed by atoms with Gasteiger partial charge in [0.1, 0.15) is 0 Å². The van der Waals surface area contributed by atoms with Crippen molar-refractivity contribution in [3.05, 3.63) is 35.7 Å². The Kier molecular flexibility index (Phi) is 4.05. The van der Waals surface area contributed by atoms with E-state index in [2.05, 4.69) is 9.72 Å². The fourth-order valence-corrected chi connectivity index (χ4v) is 1.02. The average Bonchev–Trinajstić information content (AvgIpc) is 2.29. The fourth-order valence-electron chi connectivity index (χ4n) is 1.02. The second-order valence-corrected chi connectivity index (χ2v) is 2.73. The van der Waals surface area contributed by atoms with Crippen LogP contribution in [0.4, 0.5) is 0 Å². The van der Waals surface area contributed by atoms with Gasteiger partial charge in [-0.05, 0) is 18.2 Å². The van der Waals surface area contributed by atoms with Crippen LogP contribution < -0.4 is 0 Å². The number of aromatic nitrogens is 1. The van der Waals surface area contributed by atoms with Gasteiger partial charge in [-0.25, -0.2) is 4.79 Å². The maximum atomic E-state index is 11.2. The molecule has 0 saturated carbocycles. The Morgan fingerprint density at radius 1 is 1.73 bits per heavy atom. The molecular formula is C11H10N2O2. The van der Waals surface area contributed by atoms with Crippen LogP contribution in [0.15, 0.2) is 24.4 Å². The quantitative estimate of drug-likeness (QED) is 0.701. The lowest BCUT2D eigenvalue weighted by molar-refractivity contribution is 0.0600. The average molecular weight is 202 g/mol. The number of carbonyl (C=O) groups excluding carboxylic acids is 1. The van der Waals surface area contributed by atoms with E-state index >= 15 is 0 Å². The number of rotatable bonds is 3. The summed E-state index contributed by atoms with van der Waals surface area (Å²) in [5.41, 5.74) is 1.08. The number of nitriles is 1. The first-order valence-corrected chi connectivity index (χ1v) is 4.36. The molecule has 0 aliphatic carbocycles. The van der Waals surface area contributed by atoms with Crippen molar-refractivity contribution in [3.63, 3.8) is 0 Å². The zero-order chi connectivity index (χ0) is 11.1. The van der Waals surface area contributed by atoms with Crippen LogP contribution in [-0.2, 0) is 4.74 Å². The number of hydrogen-bond acceptors (Lipinski definition) is 4. The van der Waals surface area contributed by atoms with Gasteiger partial charge in [-0.2, -0.15) is 5.26 Å². The SMILES string of the molecule is COC(=O)c1ccnc(C=CCC#N)c1. The summed E-state index contributed by atoms with van der Waals surface area (Å²) in [5.74, 6) is -0.396. The minimum Gasteiger partial charge on any atom is -0.465 e. The molecular weight excluding hydrogens is 192 g/mol. The van der Waals surface area contributed by atoms with Crippen LogP contribution in [-0.4, -0.2) is 18.1 Å². The molecule has 0 aliphatic rings. The van der Waals surface area contributed by atoms with Crippen LogP contribution in [0, 0.1) is 11.3 Å². The Labute approximate surface area is 87.8 Å². The third kappa shape index (κ3) is 3.24. The third-order valence-corrected chi connectivity index (χ3v) is 1.70. The van der Waals surface area contributed by atoms with Gasteiger partial charge in [0.25, 0.3) is 0 Å². The Hall–Kier alpha value is -2.15. The van der Waals surface area contributed by atoms with Crippen LogP contribution in [0.25, 0.3) is 6.08 Å². The van der Waals surface area contributed by atoms with E-state index in [-0.39, 0.29) is 0 Å². The molecule has 4 nitrogen and oxygen atoms in total. The predicted octanol–water partition coefficient (Wildman–Crippen LogP) is 1.80. The van der Waals surface area contributed by atoms with Crippen molar-refractivity contribution >= 4 is 12.0 Å². The smallest absolute Gasteiger partial charge is 0.337 e. The Morgan fingerprint density at radius 2 is 2.53 bits per heavy atom. The van der Waals surface area contributed by atoms with Crippen molar-refractivity contribution in [1.29, 1.82) is 5.26 Å². The minimum absolute atomic E-state index is 0.324. The monoisotopic (exact) mass is 202 g/mol. The number of carbonyl (C=O) groups is 1.